The Morgan fingerprint density at radius 3 is 2.90 bits per heavy atom. The number of aromatic amines is 1. The second-order valence-corrected chi connectivity index (χ2v) is 5.31. The first-order valence-corrected chi connectivity index (χ1v) is 6.92. The zero-order chi connectivity index (χ0) is 14.8. The summed E-state index contributed by atoms with van der Waals surface area (Å²) in [6.07, 6.45) is 0. The molecule has 0 spiro atoms. The molecule has 0 saturated carbocycles. The predicted molar refractivity (Wildman–Crippen MR) is 77.9 cm³/mol. The van der Waals surface area contributed by atoms with E-state index in [1.165, 1.54) is 23.9 Å². The summed E-state index contributed by atoms with van der Waals surface area (Å²) >= 11 is 1.29. The van der Waals surface area contributed by atoms with Crippen molar-refractivity contribution in [3.8, 4) is 11.8 Å². The second kappa shape index (κ2) is 5.46. The number of fused-ring (bicyclic) bond motifs is 1. The maximum atomic E-state index is 13.1. The van der Waals surface area contributed by atoms with Crippen LogP contribution in [-0.4, -0.2) is 17.1 Å². The molecule has 2 aromatic carbocycles. The van der Waals surface area contributed by atoms with E-state index < -0.39 is 5.82 Å². The number of H-pyrrole nitrogens is 1. The number of rotatable bonds is 3. The summed E-state index contributed by atoms with van der Waals surface area (Å²) in [6, 6.07) is 11.6. The van der Waals surface area contributed by atoms with Gasteiger partial charge in [-0.2, -0.15) is 5.26 Å². The fourth-order valence-electron chi connectivity index (χ4n) is 1.92. The molecule has 6 heteroatoms. The molecule has 0 aliphatic rings. The molecule has 3 aromatic rings. The van der Waals surface area contributed by atoms with Gasteiger partial charge in [-0.3, -0.25) is 0 Å². The Morgan fingerprint density at radius 1 is 1.29 bits per heavy atom. The number of nitrogens with one attached hydrogen (secondary N) is 1. The number of benzene rings is 2. The van der Waals surface area contributed by atoms with Crippen molar-refractivity contribution in [3.63, 3.8) is 0 Å². The summed E-state index contributed by atoms with van der Waals surface area (Å²) in [6.45, 7) is 0. The van der Waals surface area contributed by atoms with Crippen LogP contribution < -0.4 is 4.74 Å². The summed E-state index contributed by atoms with van der Waals surface area (Å²) in [7, 11) is 1.60. The minimum atomic E-state index is -0.426. The molecule has 0 fully saturated rings. The van der Waals surface area contributed by atoms with Gasteiger partial charge in [-0.15, -0.1) is 0 Å². The van der Waals surface area contributed by atoms with Crippen molar-refractivity contribution in [2.75, 3.05) is 7.11 Å². The summed E-state index contributed by atoms with van der Waals surface area (Å²) in [5.74, 6) is 0.312. The molecule has 0 aliphatic heterocycles. The van der Waals surface area contributed by atoms with Gasteiger partial charge >= 0.3 is 0 Å². The third kappa shape index (κ3) is 2.69. The average Bonchev–Trinajstić information content (AvgIpc) is 2.90. The molecule has 0 radical (unpaired) electrons. The van der Waals surface area contributed by atoms with Gasteiger partial charge in [0.2, 0.25) is 0 Å². The fourth-order valence-corrected chi connectivity index (χ4v) is 2.79. The highest BCUT2D eigenvalue weighted by molar-refractivity contribution is 7.99. The fraction of sp³-hybridized carbons (Fsp3) is 0.0667. The molecule has 0 amide bonds. The SMILES string of the molecule is COc1ccc2nc(Sc3ccc(F)cc3C#N)[nH]c2c1. The first-order chi connectivity index (χ1) is 10.2. The number of halogens is 1. The summed E-state index contributed by atoms with van der Waals surface area (Å²) in [5, 5.41) is 9.69. The minimum Gasteiger partial charge on any atom is -0.497 e. The van der Waals surface area contributed by atoms with Crippen LogP contribution in [0.3, 0.4) is 0 Å². The van der Waals surface area contributed by atoms with Crippen molar-refractivity contribution in [3.05, 3.63) is 47.8 Å². The second-order valence-electron chi connectivity index (χ2n) is 4.28. The summed E-state index contributed by atoms with van der Waals surface area (Å²) in [4.78, 5) is 8.24. The van der Waals surface area contributed by atoms with E-state index in [0.717, 1.165) is 16.8 Å². The Morgan fingerprint density at radius 2 is 2.14 bits per heavy atom. The van der Waals surface area contributed by atoms with Gasteiger partial charge in [0.1, 0.15) is 17.6 Å². The number of nitriles is 1. The predicted octanol–water partition coefficient (Wildman–Crippen LogP) is 3.73. The zero-order valence-corrected chi connectivity index (χ0v) is 11.9. The van der Waals surface area contributed by atoms with E-state index in [4.69, 9.17) is 10.00 Å². The molecule has 0 unspecified atom stereocenters. The van der Waals surface area contributed by atoms with Crippen molar-refractivity contribution in [1.29, 1.82) is 5.26 Å². The first kappa shape index (κ1) is 13.5. The number of ether oxygens (including phenoxy) is 1. The molecule has 1 N–H and O–H groups in total. The van der Waals surface area contributed by atoms with Crippen LogP contribution in [0.15, 0.2) is 46.5 Å². The largest absolute Gasteiger partial charge is 0.497 e. The van der Waals surface area contributed by atoms with Gasteiger partial charge in [0.15, 0.2) is 5.16 Å². The van der Waals surface area contributed by atoms with Crippen molar-refractivity contribution >= 4 is 22.8 Å². The van der Waals surface area contributed by atoms with Crippen molar-refractivity contribution in [2.45, 2.75) is 10.1 Å². The maximum absolute atomic E-state index is 13.1. The Bertz CT molecular complexity index is 854. The molecule has 104 valence electrons. The van der Waals surface area contributed by atoms with Crippen LogP contribution in [0.4, 0.5) is 4.39 Å². The van der Waals surface area contributed by atoms with Crippen LogP contribution in [-0.2, 0) is 0 Å². The van der Waals surface area contributed by atoms with Gasteiger partial charge in [-0.05, 0) is 30.3 Å². The van der Waals surface area contributed by atoms with Gasteiger partial charge in [0.25, 0.3) is 0 Å². The third-order valence-corrected chi connectivity index (χ3v) is 3.90. The quantitative estimate of drug-likeness (QED) is 0.800. The molecular formula is C15H10FN3OS. The van der Waals surface area contributed by atoms with Crippen LogP contribution in [0.2, 0.25) is 0 Å². The molecule has 0 saturated heterocycles. The van der Waals surface area contributed by atoms with E-state index in [2.05, 4.69) is 9.97 Å². The number of hydrogen-bond donors (Lipinski definition) is 1. The topological polar surface area (TPSA) is 61.7 Å². The van der Waals surface area contributed by atoms with E-state index >= 15 is 0 Å². The van der Waals surface area contributed by atoms with Gasteiger partial charge in [0.05, 0.1) is 23.7 Å². The van der Waals surface area contributed by atoms with Gasteiger partial charge in [0, 0.05) is 11.0 Å². The van der Waals surface area contributed by atoms with E-state index in [1.807, 2.05) is 24.3 Å². The zero-order valence-electron chi connectivity index (χ0n) is 11.1. The molecule has 4 nitrogen and oxygen atoms in total. The molecule has 1 aromatic heterocycles. The number of imidazole rings is 1. The normalized spacial score (nSPS) is 10.5. The van der Waals surface area contributed by atoms with Gasteiger partial charge in [-0.25, -0.2) is 9.37 Å². The highest BCUT2D eigenvalue weighted by Crippen LogP contribution is 2.30. The highest BCUT2D eigenvalue weighted by Gasteiger charge is 2.09. The molecular weight excluding hydrogens is 289 g/mol. The first-order valence-electron chi connectivity index (χ1n) is 6.11. The Hall–Kier alpha value is -2.52. The molecule has 0 atom stereocenters. The molecule has 1 heterocycles. The summed E-state index contributed by atoms with van der Waals surface area (Å²) < 4.78 is 18.3. The standard InChI is InChI=1S/C15H10FN3OS/c1-20-11-3-4-12-13(7-11)19-15(18-12)21-14-5-2-10(16)6-9(14)8-17/h2-7H,1H3,(H,18,19). The van der Waals surface area contributed by atoms with E-state index in [0.29, 0.717) is 10.1 Å². The molecule has 3 rings (SSSR count). The minimum absolute atomic E-state index is 0.290. The monoisotopic (exact) mass is 299 g/mol. The van der Waals surface area contributed by atoms with Crippen LogP contribution in [0.1, 0.15) is 5.56 Å². The smallest absolute Gasteiger partial charge is 0.171 e. The van der Waals surface area contributed by atoms with Gasteiger partial charge < -0.3 is 9.72 Å². The van der Waals surface area contributed by atoms with Crippen LogP contribution in [0.25, 0.3) is 11.0 Å². The Labute approximate surface area is 124 Å². The lowest BCUT2D eigenvalue weighted by molar-refractivity contribution is 0.415. The maximum Gasteiger partial charge on any atom is 0.171 e. The lowest BCUT2D eigenvalue weighted by Gasteiger charge is -2.00. The molecule has 0 aliphatic carbocycles. The van der Waals surface area contributed by atoms with E-state index in [-0.39, 0.29) is 5.56 Å². The Kier molecular flexibility index (Phi) is 3.50. The van der Waals surface area contributed by atoms with E-state index in [1.54, 1.807) is 13.2 Å². The van der Waals surface area contributed by atoms with Crippen LogP contribution in [0, 0.1) is 17.1 Å². The van der Waals surface area contributed by atoms with E-state index in [9.17, 15) is 4.39 Å². The number of nitrogens with zero attached hydrogens (tertiary/aromatic N) is 2. The molecule has 0 bridgehead atoms. The Balaban J connectivity index is 1.97. The van der Waals surface area contributed by atoms with Gasteiger partial charge in [-0.1, -0.05) is 11.8 Å². The lowest BCUT2D eigenvalue weighted by Crippen LogP contribution is -1.84. The summed E-state index contributed by atoms with van der Waals surface area (Å²) in [5.41, 5.74) is 1.94. The van der Waals surface area contributed by atoms with Crippen LogP contribution in [0.5, 0.6) is 5.75 Å². The van der Waals surface area contributed by atoms with Crippen molar-refractivity contribution in [1.82, 2.24) is 9.97 Å². The van der Waals surface area contributed by atoms with Crippen molar-refractivity contribution in [2.24, 2.45) is 0 Å². The van der Waals surface area contributed by atoms with Crippen LogP contribution >= 0.6 is 11.8 Å². The number of hydrogen-bond acceptors (Lipinski definition) is 4. The highest BCUT2D eigenvalue weighted by atomic mass is 32.2. The van der Waals surface area contributed by atoms with Crippen molar-refractivity contribution < 1.29 is 9.13 Å². The number of methoxy groups -OCH3 is 1. The third-order valence-electron chi connectivity index (χ3n) is 2.94. The molecule has 21 heavy (non-hydrogen) atoms. The lowest BCUT2D eigenvalue weighted by atomic mass is 10.2. The number of aromatic nitrogens is 2. The average molecular weight is 299 g/mol.